The van der Waals surface area contributed by atoms with Crippen molar-refractivity contribution in [2.45, 2.75) is 26.1 Å². The van der Waals surface area contributed by atoms with Crippen LogP contribution in [0.15, 0.2) is 23.2 Å². The first-order valence-electron chi connectivity index (χ1n) is 8.76. The molecule has 0 spiro atoms. The lowest BCUT2D eigenvalue weighted by molar-refractivity contribution is -0.0504. The van der Waals surface area contributed by atoms with E-state index in [2.05, 4.69) is 44.3 Å². The Hall–Kier alpha value is -1.93. The molecule has 0 saturated carbocycles. The number of guanidine groups is 1. The minimum Gasteiger partial charge on any atom is -0.434 e. The Labute approximate surface area is 154 Å². The molecule has 1 aromatic rings. The largest absolute Gasteiger partial charge is 0.434 e. The normalized spacial score (nSPS) is 19.7. The molecular formula is C18H29F2N5O. The highest BCUT2D eigenvalue weighted by atomic mass is 19.3. The summed E-state index contributed by atoms with van der Waals surface area (Å²) in [6, 6.07) is 5.55. The van der Waals surface area contributed by atoms with Crippen LogP contribution >= 0.6 is 0 Å². The van der Waals surface area contributed by atoms with Gasteiger partial charge in [-0.25, -0.2) is 0 Å². The van der Waals surface area contributed by atoms with Crippen LogP contribution in [0.25, 0.3) is 0 Å². The number of rotatable bonds is 6. The summed E-state index contributed by atoms with van der Waals surface area (Å²) >= 11 is 0. The molecule has 0 radical (unpaired) electrons. The van der Waals surface area contributed by atoms with Crippen molar-refractivity contribution in [1.82, 2.24) is 20.4 Å². The van der Waals surface area contributed by atoms with Crippen LogP contribution in [0.5, 0.6) is 5.75 Å². The third kappa shape index (κ3) is 6.10. The highest BCUT2D eigenvalue weighted by Gasteiger charge is 2.22. The number of alkyl halides is 2. The summed E-state index contributed by atoms with van der Waals surface area (Å²) < 4.78 is 29.7. The van der Waals surface area contributed by atoms with E-state index in [9.17, 15) is 8.78 Å². The van der Waals surface area contributed by atoms with Gasteiger partial charge in [0, 0.05) is 51.4 Å². The molecule has 1 unspecified atom stereocenters. The Morgan fingerprint density at radius 2 is 2.08 bits per heavy atom. The topological polar surface area (TPSA) is 52.1 Å². The minimum absolute atomic E-state index is 0.183. The molecule has 26 heavy (non-hydrogen) atoms. The number of aliphatic imine (C=N–C) groups is 1. The van der Waals surface area contributed by atoms with Gasteiger partial charge in [0.05, 0.1) is 0 Å². The van der Waals surface area contributed by atoms with E-state index in [1.54, 1.807) is 19.2 Å². The van der Waals surface area contributed by atoms with Gasteiger partial charge in [-0.15, -0.1) is 0 Å². The van der Waals surface area contributed by atoms with E-state index in [4.69, 9.17) is 0 Å². The molecule has 2 N–H and O–H groups in total. The van der Waals surface area contributed by atoms with Gasteiger partial charge in [-0.05, 0) is 27.1 Å². The summed E-state index contributed by atoms with van der Waals surface area (Å²) in [6.07, 6.45) is 0. The summed E-state index contributed by atoms with van der Waals surface area (Å²) in [5.41, 5.74) is 1.65. The zero-order chi connectivity index (χ0) is 19.1. The van der Waals surface area contributed by atoms with Gasteiger partial charge >= 0.3 is 6.61 Å². The van der Waals surface area contributed by atoms with Crippen molar-refractivity contribution in [1.29, 1.82) is 0 Å². The van der Waals surface area contributed by atoms with Gasteiger partial charge in [0.15, 0.2) is 5.96 Å². The maximum Gasteiger partial charge on any atom is 0.387 e. The van der Waals surface area contributed by atoms with Crippen LogP contribution in [0.3, 0.4) is 0 Å². The quantitative estimate of drug-likeness (QED) is 0.588. The van der Waals surface area contributed by atoms with Gasteiger partial charge in [0.25, 0.3) is 0 Å². The van der Waals surface area contributed by atoms with Gasteiger partial charge in [0.2, 0.25) is 0 Å². The van der Waals surface area contributed by atoms with E-state index >= 15 is 0 Å². The fraction of sp³-hybridized carbons (Fsp3) is 0.611. The lowest BCUT2D eigenvalue weighted by atomic mass is 10.1. The second-order valence-corrected chi connectivity index (χ2v) is 6.69. The number of hydrogen-bond donors (Lipinski definition) is 2. The Morgan fingerprint density at radius 1 is 1.31 bits per heavy atom. The van der Waals surface area contributed by atoms with E-state index in [0.29, 0.717) is 24.1 Å². The third-order valence-electron chi connectivity index (χ3n) is 4.59. The molecule has 146 valence electrons. The van der Waals surface area contributed by atoms with Crippen molar-refractivity contribution in [2.75, 3.05) is 47.3 Å². The van der Waals surface area contributed by atoms with Crippen LogP contribution in [0.4, 0.5) is 8.78 Å². The van der Waals surface area contributed by atoms with Crippen molar-refractivity contribution < 1.29 is 13.5 Å². The van der Waals surface area contributed by atoms with Crippen LogP contribution in [-0.4, -0.2) is 75.7 Å². The zero-order valence-corrected chi connectivity index (χ0v) is 15.9. The first kappa shape index (κ1) is 20.4. The molecule has 2 rings (SSSR count). The van der Waals surface area contributed by atoms with Crippen molar-refractivity contribution in [3.63, 3.8) is 0 Å². The standard InChI is InChI=1S/C18H29F2N5O/c1-13-5-6-16(26-17(19)20)14(9-13)10-22-18(21-2)23-11-15-12-24(3)7-8-25(15)4/h5-6,9,15,17H,7-8,10-12H2,1-4H3,(H2,21,22,23). The highest BCUT2D eigenvalue weighted by Crippen LogP contribution is 2.21. The second kappa shape index (κ2) is 9.68. The summed E-state index contributed by atoms with van der Waals surface area (Å²) in [6.45, 7) is 3.28. The first-order chi connectivity index (χ1) is 12.4. The molecule has 1 fully saturated rings. The molecule has 8 heteroatoms. The molecular weight excluding hydrogens is 340 g/mol. The molecule has 1 saturated heterocycles. The van der Waals surface area contributed by atoms with Gasteiger partial charge < -0.3 is 20.3 Å². The van der Waals surface area contributed by atoms with Crippen molar-refractivity contribution in [2.24, 2.45) is 4.99 Å². The second-order valence-electron chi connectivity index (χ2n) is 6.69. The highest BCUT2D eigenvalue weighted by molar-refractivity contribution is 5.79. The SMILES string of the molecule is CN=C(NCc1cc(C)ccc1OC(F)F)NCC1CN(C)CCN1C. The monoisotopic (exact) mass is 369 g/mol. The number of benzene rings is 1. The Kier molecular flexibility index (Phi) is 7.59. The predicted octanol–water partition coefficient (Wildman–Crippen LogP) is 1.51. The third-order valence-corrected chi connectivity index (χ3v) is 4.59. The summed E-state index contributed by atoms with van der Waals surface area (Å²) in [5, 5.41) is 6.49. The molecule has 1 aromatic carbocycles. The lowest BCUT2D eigenvalue weighted by Crippen LogP contribution is -2.55. The average Bonchev–Trinajstić information content (AvgIpc) is 2.59. The molecule has 0 amide bonds. The van der Waals surface area contributed by atoms with Gasteiger partial charge in [-0.2, -0.15) is 8.78 Å². The van der Waals surface area contributed by atoms with Crippen molar-refractivity contribution in [3.05, 3.63) is 29.3 Å². The van der Waals surface area contributed by atoms with Crippen LogP contribution in [0.2, 0.25) is 0 Å². The fourth-order valence-corrected chi connectivity index (χ4v) is 2.99. The number of aryl methyl sites for hydroxylation is 1. The number of ether oxygens (including phenoxy) is 1. The van der Waals surface area contributed by atoms with E-state index in [-0.39, 0.29) is 5.75 Å². The molecule has 1 heterocycles. The first-order valence-corrected chi connectivity index (χ1v) is 8.76. The number of piperazine rings is 1. The Balaban J connectivity index is 1.91. The molecule has 1 atom stereocenters. The van der Waals surface area contributed by atoms with E-state index in [1.807, 2.05) is 13.0 Å². The minimum atomic E-state index is -2.84. The number of likely N-dealkylation sites (N-methyl/N-ethyl adjacent to an activating group) is 2. The van der Waals surface area contributed by atoms with Crippen LogP contribution in [0.1, 0.15) is 11.1 Å². The Bertz CT molecular complexity index is 611. The smallest absolute Gasteiger partial charge is 0.387 e. The van der Waals surface area contributed by atoms with Gasteiger partial charge in [-0.3, -0.25) is 9.89 Å². The predicted molar refractivity (Wildman–Crippen MR) is 99.9 cm³/mol. The average molecular weight is 369 g/mol. The van der Waals surface area contributed by atoms with Crippen molar-refractivity contribution >= 4 is 5.96 Å². The molecule has 1 aliphatic rings. The number of halogens is 2. The molecule has 0 bridgehead atoms. The van der Waals surface area contributed by atoms with E-state index < -0.39 is 6.61 Å². The Morgan fingerprint density at radius 3 is 2.77 bits per heavy atom. The molecule has 6 nitrogen and oxygen atoms in total. The molecule has 1 aliphatic heterocycles. The van der Waals surface area contributed by atoms with Gasteiger partial charge in [-0.1, -0.05) is 17.7 Å². The van der Waals surface area contributed by atoms with Crippen LogP contribution in [0, 0.1) is 6.92 Å². The maximum absolute atomic E-state index is 12.6. The fourth-order valence-electron chi connectivity index (χ4n) is 2.99. The number of nitrogens with one attached hydrogen (secondary N) is 2. The van der Waals surface area contributed by atoms with E-state index in [0.717, 1.165) is 31.7 Å². The zero-order valence-electron chi connectivity index (χ0n) is 15.9. The van der Waals surface area contributed by atoms with Crippen molar-refractivity contribution in [3.8, 4) is 5.75 Å². The summed E-state index contributed by atoms with van der Waals surface area (Å²) in [5.74, 6) is 0.818. The molecule has 0 aromatic heterocycles. The summed E-state index contributed by atoms with van der Waals surface area (Å²) in [4.78, 5) is 8.86. The van der Waals surface area contributed by atoms with Crippen LogP contribution in [-0.2, 0) is 6.54 Å². The summed E-state index contributed by atoms with van der Waals surface area (Å²) in [7, 11) is 5.93. The van der Waals surface area contributed by atoms with E-state index in [1.165, 1.54) is 0 Å². The lowest BCUT2D eigenvalue weighted by Gasteiger charge is -2.37. The number of nitrogens with zero attached hydrogens (tertiary/aromatic N) is 3. The van der Waals surface area contributed by atoms with Gasteiger partial charge in [0.1, 0.15) is 5.75 Å². The van der Waals surface area contributed by atoms with Crippen LogP contribution < -0.4 is 15.4 Å². The maximum atomic E-state index is 12.6. The number of hydrogen-bond acceptors (Lipinski definition) is 4. The molecule has 0 aliphatic carbocycles.